The lowest BCUT2D eigenvalue weighted by atomic mass is 10.1. The predicted octanol–water partition coefficient (Wildman–Crippen LogP) is 3.89. The summed E-state index contributed by atoms with van der Waals surface area (Å²) < 4.78 is 33.9. The second kappa shape index (κ2) is 9.63. The Bertz CT molecular complexity index is 1080. The zero-order chi connectivity index (χ0) is 21.7. The van der Waals surface area contributed by atoms with Gasteiger partial charge in [-0.2, -0.15) is 5.10 Å². The van der Waals surface area contributed by atoms with E-state index in [4.69, 9.17) is 4.74 Å². The molecule has 158 valence electrons. The number of hydrogen-bond donors (Lipinski definition) is 0. The first-order chi connectivity index (χ1) is 14.4. The molecule has 0 aliphatic carbocycles. The minimum absolute atomic E-state index is 0.149. The van der Waals surface area contributed by atoms with Gasteiger partial charge in [0.1, 0.15) is 5.82 Å². The molecule has 0 bridgehead atoms. The molecule has 0 spiro atoms. The van der Waals surface area contributed by atoms with Gasteiger partial charge in [-0.1, -0.05) is 12.1 Å². The van der Waals surface area contributed by atoms with Gasteiger partial charge >= 0.3 is 0 Å². The topological polar surface area (TPSA) is 47.4 Å². The maximum absolute atomic E-state index is 14.2. The number of nitrogens with zero attached hydrogens (tertiary/aromatic N) is 3. The lowest BCUT2D eigenvalue weighted by Gasteiger charge is -2.14. The highest BCUT2D eigenvalue weighted by Crippen LogP contribution is 2.24. The van der Waals surface area contributed by atoms with Crippen LogP contribution in [0, 0.1) is 11.6 Å². The van der Waals surface area contributed by atoms with Gasteiger partial charge in [0.25, 0.3) is 5.56 Å². The largest absolute Gasteiger partial charge is 0.494 e. The van der Waals surface area contributed by atoms with Gasteiger partial charge in [-0.25, -0.2) is 13.5 Å². The minimum Gasteiger partial charge on any atom is -0.494 e. The molecule has 1 aromatic heterocycles. The molecule has 0 N–H and O–H groups in total. The standard InChI is InChI=1S/C23H25F2N3O2/c1-27(2)15-18-14-21(17-9-10-22(30-3)20(25)13-17)26-28(23(18)29)11-5-7-16-6-4-8-19(24)12-16/h4,6,8-10,12-14H,5,7,11,15H2,1-3H3. The third kappa shape index (κ3) is 5.30. The van der Waals surface area contributed by atoms with Gasteiger partial charge in [-0.3, -0.25) is 4.79 Å². The summed E-state index contributed by atoms with van der Waals surface area (Å²) in [5, 5.41) is 4.46. The van der Waals surface area contributed by atoms with Gasteiger partial charge in [0, 0.05) is 24.2 Å². The maximum Gasteiger partial charge on any atom is 0.271 e. The molecule has 0 atom stereocenters. The van der Waals surface area contributed by atoms with Crippen molar-refractivity contribution in [2.24, 2.45) is 0 Å². The number of hydrogen-bond acceptors (Lipinski definition) is 4. The van der Waals surface area contributed by atoms with Crippen molar-refractivity contribution >= 4 is 0 Å². The Balaban J connectivity index is 1.90. The Hall–Kier alpha value is -3.06. The summed E-state index contributed by atoms with van der Waals surface area (Å²) in [6, 6.07) is 12.7. The summed E-state index contributed by atoms with van der Waals surface area (Å²) in [6.07, 6.45) is 1.24. The fourth-order valence-corrected chi connectivity index (χ4v) is 3.29. The van der Waals surface area contributed by atoms with E-state index in [1.807, 2.05) is 25.1 Å². The van der Waals surface area contributed by atoms with Crippen LogP contribution in [0.1, 0.15) is 17.5 Å². The molecule has 7 heteroatoms. The monoisotopic (exact) mass is 413 g/mol. The van der Waals surface area contributed by atoms with Gasteiger partial charge in [0.15, 0.2) is 11.6 Å². The molecule has 5 nitrogen and oxygen atoms in total. The molecular formula is C23H25F2N3O2. The van der Waals surface area contributed by atoms with Gasteiger partial charge in [-0.15, -0.1) is 0 Å². The second-order valence-electron chi connectivity index (χ2n) is 7.40. The van der Waals surface area contributed by atoms with E-state index in [0.29, 0.717) is 42.8 Å². The molecule has 0 saturated carbocycles. The smallest absolute Gasteiger partial charge is 0.271 e. The van der Waals surface area contributed by atoms with Crippen molar-refractivity contribution in [3.8, 4) is 17.0 Å². The first-order valence-electron chi connectivity index (χ1n) is 9.71. The van der Waals surface area contributed by atoms with Crippen LogP contribution in [0.2, 0.25) is 0 Å². The van der Waals surface area contributed by atoms with Crippen LogP contribution in [0.3, 0.4) is 0 Å². The minimum atomic E-state index is -0.491. The van der Waals surface area contributed by atoms with Crippen LogP contribution in [-0.4, -0.2) is 35.9 Å². The van der Waals surface area contributed by atoms with Crippen LogP contribution >= 0.6 is 0 Å². The molecule has 0 amide bonds. The van der Waals surface area contributed by atoms with Gasteiger partial charge in [0.05, 0.1) is 12.8 Å². The molecule has 0 radical (unpaired) electrons. The Morgan fingerprint density at radius 1 is 1.10 bits per heavy atom. The fraction of sp³-hybridized carbons (Fsp3) is 0.304. The molecule has 0 aliphatic rings. The number of ether oxygens (including phenoxy) is 1. The average molecular weight is 413 g/mol. The van der Waals surface area contributed by atoms with E-state index in [-0.39, 0.29) is 17.1 Å². The quantitative estimate of drug-likeness (QED) is 0.562. The summed E-state index contributed by atoms with van der Waals surface area (Å²) in [5.41, 5.74) is 2.34. The summed E-state index contributed by atoms with van der Waals surface area (Å²) in [7, 11) is 5.16. The molecule has 0 unspecified atom stereocenters. The Morgan fingerprint density at radius 3 is 2.57 bits per heavy atom. The second-order valence-corrected chi connectivity index (χ2v) is 7.40. The van der Waals surface area contributed by atoms with E-state index < -0.39 is 5.82 Å². The van der Waals surface area contributed by atoms with Crippen LogP contribution in [0.15, 0.2) is 53.3 Å². The van der Waals surface area contributed by atoms with E-state index in [0.717, 1.165) is 5.56 Å². The van der Waals surface area contributed by atoms with Crippen LogP contribution < -0.4 is 10.3 Å². The van der Waals surface area contributed by atoms with Gasteiger partial charge < -0.3 is 9.64 Å². The Labute approximate surface area is 174 Å². The van der Waals surface area contributed by atoms with Gasteiger partial charge in [-0.05, 0) is 68.9 Å². The van der Waals surface area contributed by atoms with Crippen molar-refractivity contribution in [2.75, 3.05) is 21.2 Å². The third-order valence-corrected chi connectivity index (χ3v) is 4.71. The summed E-state index contributed by atoms with van der Waals surface area (Å²) in [6.45, 7) is 0.819. The lowest BCUT2D eigenvalue weighted by molar-refractivity contribution is 0.386. The first kappa shape index (κ1) is 21.6. The van der Waals surface area contributed by atoms with Crippen molar-refractivity contribution in [2.45, 2.75) is 25.9 Å². The fourth-order valence-electron chi connectivity index (χ4n) is 3.29. The average Bonchev–Trinajstić information content (AvgIpc) is 2.70. The SMILES string of the molecule is COc1ccc(-c2cc(CN(C)C)c(=O)n(CCCc3cccc(F)c3)n2)cc1F. The van der Waals surface area contributed by atoms with E-state index in [9.17, 15) is 13.6 Å². The molecule has 2 aromatic carbocycles. The van der Waals surface area contributed by atoms with E-state index in [1.165, 1.54) is 36.1 Å². The molecule has 3 aromatic rings. The molecule has 1 heterocycles. The Kier molecular flexibility index (Phi) is 6.95. The predicted molar refractivity (Wildman–Crippen MR) is 113 cm³/mol. The maximum atomic E-state index is 14.2. The molecule has 3 rings (SSSR count). The van der Waals surface area contributed by atoms with Crippen molar-refractivity contribution < 1.29 is 13.5 Å². The zero-order valence-electron chi connectivity index (χ0n) is 17.4. The van der Waals surface area contributed by atoms with Crippen molar-refractivity contribution in [1.29, 1.82) is 0 Å². The summed E-state index contributed by atoms with van der Waals surface area (Å²) in [4.78, 5) is 14.8. The number of aromatic nitrogens is 2. The Morgan fingerprint density at radius 2 is 1.90 bits per heavy atom. The highest BCUT2D eigenvalue weighted by Gasteiger charge is 2.13. The highest BCUT2D eigenvalue weighted by atomic mass is 19.1. The summed E-state index contributed by atoms with van der Waals surface area (Å²) in [5.74, 6) is -0.620. The molecule has 0 saturated heterocycles. The molecule has 30 heavy (non-hydrogen) atoms. The number of rotatable bonds is 8. The van der Waals surface area contributed by atoms with Crippen molar-refractivity contribution in [3.63, 3.8) is 0 Å². The van der Waals surface area contributed by atoms with Crippen LogP contribution in [0.4, 0.5) is 8.78 Å². The molecule has 0 aliphatic heterocycles. The van der Waals surface area contributed by atoms with Crippen molar-refractivity contribution in [3.05, 3.63) is 81.6 Å². The van der Waals surface area contributed by atoms with E-state index in [2.05, 4.69) is 5.10 Å². The summed E-state index contributed by atoms with van der Waals surface area (Å²) >= 11 is 0. The third-order valence-electron chi connectivity index (χ3n) is 4.71. The van der Waals surface area contributed by atoms with E-state index >= 15 is 0 Å². The zero-order valence-corrected chi connectivity index (χ0v) is 17.4. The van der Waals surface area contributed by atoms with E-state index in [1.54, 1.807) is 18.2 Å². The highest BCUT2D eigenvalue weighted by molar-refractivity contribution is 5.60. The van der Waals surface area contributed by atoms with Gasteiger partial charge in [0.2, 0.25) is 0 Å². The lowest BCUT2D eigenvalue weighted by Crippen LogP contribution is -2.29. The number of aryl methyl sites for hydroxylation is 2. The van der Waals surface area contributed by atoms with Crippen LogP contribution in [0.25, 0.3) is 11.3 Å². The van der Waals surface area contributed by atoms with Crippen LogP contribution in [0.5, 0.6) is 5.75 Å². The van der Waals surface area contributed by atoms with Crippen LogP contribution in [-0.2, 0) is 19.5 Å². The number of halogens is 2. The molecule has 0 fully saturated rings. The first-order valence-corrected chi connectivity index (χ1v) is 9.71. The van der Waals surface area contributed by atoms with Crippen molar-refractivity contribution in [1.82, 2.24) is 14.7 Å². The molecular weight excluding hydrogens is 388 g/mol. The normalized spacial score (nSPS) is 11.1. The number of benzene rings is 2. The number of methoxy groups -OCH3 is 1.